The van der Waals surface area contributed by atoms with Crippen molar-refractivity contribution >= 4 is 11.0 Å². The SMILES string of the molecule is Fc1cccc2[nH]c(-c3cncnc3)nc12. The average molecular weight is 214 g/mol. The van der Waals surface area contributed by atoms with E-state index in [-0.39, 0.29) is 5.82 Å². The molecule has 0 spiro atoms. The number of rotatable bonds is 1. The molecule has 1 N–H and O–H groups in total. The van der Waals surface area contributed by atoms with Crippen LogP contribution in [0.3, 0.4) is 0 Å². The lowest BCUT2D eigenvalue weighted by atomic mass is 10.3. The quantitative estimate of drug-likeness (QED) is 0.675. The number of hydrogen-bond acceptors (Lipinski definition) is 3. The molecule has 0 saturated heterocycles. The van der Waals surface area contributed by atoms with Crippen LogP contribution in [-0.2, 0) is 0 Å². The molecule has 0 unspecified atom stereocenters. The third kappa shape index (κ3) is 1.33. The largest absolute Gasteiger partial charge is 0.338 e. The van der Waals surface area contributed by atoms with Crippen LogP contribution in [0, 0.1) is 5.82 Å². The number of benzene rings is 1. The van der Waals surface area contributed by atoms with Crippen LogP contribution in [0.4, 0.5) is 4.39 Å². The van der Waals surface area contributed by atoms with Gasteiger partial charge in [0.25, 0.3) is 0 Å². The number of para-hydroxylation sites is 1. The molecule has 3 aromatic rings. The van der Waals surface area contributed by atoms with Gasteiger partial charge in [0, 0.05) is 12.4 Å². The Balaban J connectivity index is 2.23. The minimum Gasteiger partial charge on any atom is -0.338 e. The van der Waals surface area contributed by atoms with E-state index in [1.807, 2.05) is 0 Å². The fourth-order valence-corrected chi connectivity index (χ4v) is 1.56. The van der Waals surface area contributed by atoms with Crippen molar-refractivity contribution < 1.29 is 4.39 Å². The van der Waals surface area contributed by atoms with Crippen molar-refractivity contribution in [3.05, 3.63) is 42.7 Å². The Morgan fingerprint density at radius 2 is 1.94 bits per heavy atom. The van der Waals surface area contributed by atoms with Gasteiger partial charge in [-0.2, -0.15) is 0 Å². The number of hydrogen-bond donors (Lipinski definition) is 1. The molecule has 0 atom stereocenters. The smallest absolute Gasteiger partial charge is 0.151 e. The lowest BCUT2D eigenvalue weighted by Gasteiger charge is -1.91. The molecule has 0 bridgehead atoms. The predicted molar refractivity (Wildman–Crippen MR) is 57.1 cm³/mol. The van der Waals surface area contributed by atoms with Gasteiger partial charge in [-0.15, -0.1) is 0 Å². The van der Waals surface area contributed by atoms with Crippen molar-refractivity contribution in [1.29, 1.82) is 0 Å². The van der Waals surface area contributed by atoms with E-state index < -0.39 is 0 Å². The Morgan fingerprint density at radius 3 is 2.69 bits per heavy atom. The number of imidazole rings is 1. The van der Waals surface area contributed by atoms with Crippen LogP contribution in [-0.4, -0.2) is 19.9 Å². The minimum absolute atomic E-state index is 0.335. The number of H-pyrrole nitrogens is 1. The summed E-state index contributed by atoms with van der Waals surface area (Å²) in [6.45, 7) is 0. The number of nitrogens with zero attached hydrogens (tertiary/aromatic N) is 3. The molecule has 0 aliphatic carbocycles. The highest BCUT2D eigenvalue weighted by molar-refractivity contribution is 5.79. The number of aromatic nitrogens is 4. The molecule has 2 heterocycles. The van der Waals surface area contributed by atoms with Crippen molar-refractivity contribution in [2.75, 3.05) is 0 Å². The van der Waals surface area contributed by atoms with Gasteiger partial charge in [-0.05, 0) is 12.1 Å². The lowest BCUT2D eigenvalue weighted by Crippen LogP contribution is -1.83. The number of nitrogens with one attached hydrogen (secondary N) is 1. The van der Waals surface area contributed by atoms with Crippen LogP contribution in [0.5, 0.6) is 0 Å². The zero-order chi connectivity index (χ0) is 11.0. The highest BCUT2D eigenvalue weighted by Gasteiger charge is 2.08. The predicted octanol–water partition coefficient (Wildman–Crippen LogP) is 2.16. The summed E-state index contributed by atoms with van der Waals surface area (Å²) in [5, 5.41) is 0. The summed E-state index contributed by atoms with van der Waals surface area (Å²) in [4.78, 5) is 15.0. The Morgan fingerprint density at radius 1 is 1.12 bits per heavy atom. The fourth-order valence-electron chi connectivity index (χ4n) is 1.56. The molecule has 0 saturated carbocycles. The van der Waals surface area contributed by atoms with Gasteiger partial charge in [0.2, 0.25) is 0 Å². The van der Waals surface area contributed by atoms with Gasteiger partial charge in [-0.3, -0.25) is 0 Å². The normalized spacial score (nSPS) is 10.8. The summed E-state index contributed by atoms with van der Waals surface area (Å²) in [6, 6.07) is 4.80. The molecule has 0 aliphatic rings. The first-order chi connectivity index (χ1) is 7.84. The second kappa shape index (κ2) is 3.37. The standard InChI is InChI=1S/C11H7FN4/c12-8-2-1-3-9-10(8)16-11(15-9)7-4-13-6-14-5-7/h1-6H,(H,15,16). The van der Waals surface area contributed by atoms with Crippen molar-refractivity contribution in [2.24, 2.45) is 0 Å². The molecule has 2 aromatic heterocycles. The van der Waals surface area contributed by atoms with E-state index in [4.69, 9.17) is 0 Å². The first-order valence-corrected chi connectivity index (χ1v) is 4.74. The molecule has 0 radical (unpaired) electrons. The molecular weight excluding hydrogens is 207 g/mol. The summed E-state index contributed by atoms with van der Waals surface area (Å²) in [5.41, 5.74) is 1.73. The van der Waals surface area contributed by atoms with Crippen molar-refractivity contribution in [2.45, 2.75) is 0 Å². The first kappa shape index (κ1) is 8.96. The van der Waals surface area contributed by atoms with Crippen LogP contribution in [0.2, 0.25) is 0 Å². The molecule has 0 aliphatic heterocycles. The molecule has 16 heavy (non-hydrogen) atoms. The highest BCUT2D eigenvalue weighted by atomic mass is 19.1. The zero-order valence-corrected chi connectivity index (χ0v) is 8.18. The molecule has 3 rings (SSSR count). The molecule has 0 amide bonds. The maximum Gasteiger partial charge on any atom is 0.151 e. The topological polar surface area (TPSA) is 54.5 Å². The third-order valence-corrected chi connectivity index (χ3v) is 2.30. The van der Waals surface area contributed by atoms with Crippen LogP contribution in [0.1, 0.15) is 0 Å². The Hall–Kier alpha value is -2.30. The summed E-state index contributed by atoms with van der Waals surface area (Å²) in [6.07, 6.45) is 4.69. The minimum atomic E-state index is -0.336. The third-order valence-electron chi connectivity index (χ3n) is 2.30. The monoisotopic (exact) mass is 214 g/mol. The second-order valence-electron chi connectivity index (χ2n) is 3.35. The van der Waals surface area contributed by atoms with Gasteiger partial charge < -0.3 is 4.98 Å². The highest BCUT2D eigenvalue weighted by Crippen LogP contribution is 2.20. The molecule has 1 aromatic carbocycles. The Labute approximate surface area is 90.2 Å². The molecule has 4 nitrogen and oxygen atoms in total. The van der Waals surface area contributed by atoms with Crippen molar-refractivity contribution in [3.8, 4) is 11.4 Å². The molecule has 0 fully saturated rings. The summed E-state index contributed by atoms with van der Waals surface area (Å²) >= 11 is 0. The van der Waals surface area contributed by atoms with E-state index in [9.17, 15) is 4.39 Å². The van der Waals surface area contributed by atoms with Gasteiger partial charge in [0.1, 0.15) is 17.7 Å². The van der Waals surface area contributed by atoms with E-state index in [1.165, 1.54) is 12.4 Å². The molecule has 5 heteroatoms. The first-order valence-electron chi connectivity index (χ1n) is 4.74. The van der Waals surface area contributed by atoms with Crippen LogP contribution < -0.4 is 0 Å². The summed E-state index contributed by atoms with van der Waals surface area (Å²) in [7, 11) is 0. The maximum absolute atomic E-state index is 13.4. The molecular formula is C11H7FN4. The summed E-state index contributed by atoms with van der Waals surface area (Å²) in [5.74, 6) is 0.234. The van der Waals surface area contributed by atoms with Crippen molar-refractivity contribution in [3.63, 3.8) is 0 Å². The molecule has 78 valence electrons. The van der Waals surface area contributed by atoms with Crippen molar-refractivity contribution in [1.82, 2.24) is 19.9 Å². The van der Waals surface area contributed by atoms with Crippen LogP contribution in [0.25, 0.3) is 22.4 Å². The fraction of sp³-hybridized carbons (Fsp3) is 0. The average Bonchev–Trinajstić information content (AvgIpc) is 2.76. The zero-order valence-electron chi connectivity index (χ0n) is 8.18. The van der Waals surface area contributed by atoms with E-state index >= 15 is 0 Å². The van der Waals surface area contributed by atoms with Crippen LogP contribution >= 0.6 is 0 Å². The van der Waals surface area contributed by atoms with E-state index in [0.717, 1.165) is 5.56 Å². The van der Waals surface area contributed by atoms with Gasteiger partial charge in [-0.25, -0.2) is 19.3 Å². The van der Waals surface area contributed by atoms with E-state index in [1.54, 1.807) is 24.5 Å². The lowest BCUT2D eigenvalue weighted by molar-refractivity contribution is 0.637. The van der Waals surface area contributed by atoms with Gasteiger partial charge in [0.05, 0.1) is 11.1 Å². The maximum atomic E-state index is 13.4. The Bertz CT molecular complexity index is 633. The Kier molecular flexibility index (Phi) is 1.89. The van der Waals surface area contributed by atoms with E-state index in [2.05, 4.69) is 19.9 Å². The van der Waals surface area contributed by atoms with Gasteiger partial charge >= 0.3 is 0 Å². The van der Waals surface area contributed by atoms with E-state index in [0.29, 0.717) is 16.9 Å². The second-order valence-corrected chi connectivity index (χ2v) is 3.35. The van der Waals surface area contributed by atoms with Gasteiger partial charge in [0.15, 0.2) is 5.82 Å². The van der Waals surface area contributed by atoms with Crippen LogP contribution in [0.15, 0.2) is 36.9 Å². The number of aromatic amines is 1. The van der Waals surface area contributed by atoms with Gasteiger partial charge in [-0.1, -0.05) is 6.07 Å². The number of fused-ring (bicyclic) bond motifs is 1. The number of halogens is 1. The summed E-state index contributed by atoms with van der Waals surface area (Å²) < 4.78 is 13.4.